The Kier molecular flexibility index (Phi) is 10.0. The van der Waals surface area contributed by atoms with E-state index in [0.717, 1.165) is 40.0 Å². The lowest BCUT2D eigenvalue weighted by atomic mass is 9.92. The lowest BCUT2D eigenvalue weighted by Crippen LogP contribution is -2.40. The molecule has 1 aromatic heterocycles. The number of carbonyl (C=O) groups is 2. The number of sulfonamides is 1. The van der Waals surface area contributed by atoms with Crippen LogP contribution >= 0.6 is 0 Å². The van der Waals surface area contributed by atoms with Crippen molar-refractivity contribution in [2.45, 2.75) is 49.7 Å². The summed E-state index contributed by atoms with van der Waals surface area (Å²) in [5.74, 6) is 0.0927. The Morgan fingerprint density at radius 3 is 2.45 bits per heavy atom. The molecule has 236 valence electrons. The van der Waals surface area contributed by atoms with Crippen molar-refractivity contribution in [3.8, 4) is 5.75 Å². The number of rotatable bonds is 11. The Morgan fingerprint density at radius 1 is 1.05 bits per heavy atom. The molecule has 5 rings (SSSR count). The number of nitrogens with zero attached hydrogens (tertiary/aromatic N) is 3. The van der Waals surface area contributed by atoms with Crippen molar-refractivity contribution in [3.05, 3.63) is 72.1 Å². The molecule has 0 aliphatic carbocycles. The van der Waals surface area contributed by atoms with Gasteiger partial charge in [-0.1, -0.05) is 18.2 Å². The summed E-state index contributed by atoms with van der Waals surface area (Å²) in [6, 6.07) is 13.7. The summed E-state index contributed by atoms with van der Waals surface area (Å²) < 4.78 is 46.8. The number of methoxy groups -OCH3 is 1. The van der Waals surface area contributed by atoms with Gasteiger partial charge in [-0.25, -0.2) is 8.42 Å². The van der Waals surface area contributed by atoms with Gasteiger partial charge in [0.2, 0.25) is 22.2 Å². The number of para-hydroxylation sites is 1. The number of piperidine rings is 1. The van der Waals surface area contributed by atoms with E-state index in [0.29, 0.717) is 25.3 Å². The molecule has 0 unspecified atom stereocenters. The zero-order chi connectivity index (χ0) is 31.3. The first-order valence-corrected chi connectivity index (χ1v) is 16.3. The molecule has 0 bridgehead atoms. The maximum absolute atomic E-state index is 13.5. The highest BCUT2D eigenvalue weighted by atomic mass is 32.2. The van der Waals surface area contributed by atoms with Gasteiger partial charge in [0.1, 0.15) is 5.75 Å². The van der Waals surface area contributed by atoms with Gasteiger partial charge in [-0.05, 0) is 61.2 Å². The van der Waals surface area contributed by atoms with E-state index >= 15 is 0 Å². The Bertz CT molecular complexity index is 1610. The minimum Gasteiger partial charge on any atom is -0.497 e. The van der Waals surface area contributed by atoms with E-state index in [-0.39, 0.29) is 54.7 Å². The zero-order valence-corrected chi connectivity index (χ0v) is 25.9. The van der Waals surface area contributed by atoms with E-state index in [9.17, 15) is 23.1 Å². The van der Waals surface area contributed by atoms with Crippen LogP contribution in [-0.2, 0) is 24.3 Å². The van der Waals surface area contributed by atoms with Crippen molar-refractivity contribution >= 4 is 32.7 Å². The van der Waals surface area contributed by atoms with Crippen molar-refractivity contribution < 1.29 is 37.3 Å². The van der Waals surface area contributed by atoms with E-state index in [2.05, 4.69) is 0 Å². The first-order valence-electron chi connectivity index (χ1n) is 14.9. The molecule has 44 heavy (non-hydrogen) atoms. The summed E-state index contributed by atoms with van der Waals surface area (Å²) in [5, 5.41) is 10.5. The molecule has 12 heteroatoms. The number of hydrogen-bond acceptors (Lipinski definition) is 8. The fourth-order valence-electron chi connectivity index (χ4n) is 5.79. The normalized spacial score (nSPS) is 19.1. The van der Waals surface area contributed by atoms with Crippen LogP contribution in [0.3, 0.4) is 0 Å². The number of benzene rings is 2. The molecule has 2 aliphatic rings. The van der Waals surface area contributed by atoms with Crippen LogP contribution in [0.4, 0.5) is 0 Å². The molecule has 1 amide bonds. The Labute approximate surface area is 257 Å². The summed E-state index contributed by atoms with van der Waals surface area (Å²) in [6.07, 6.45) is 6.07. The highest BCUT2D eigenvalue weighted by Gasteiger charge is 2.33. The van der Waals surface area contributed by atoms with E-state index < -0.39 is 16.3 Å². The maximum atomic E-state index is 13.5. The highest BCUT2D eigenvalue weighted by molar-refractivity contribution is 7.89. The standard InChI is InChI=1S/C32H39N3O8S/c1-23(37)35-22-28(27-8-4-5-9-29(27)35)24-20-30(32(38)33-14-6-3-7-15-33)43-31(21-24)42-19-17-34(16-18-36)44(39,40)26-12-10-25(41-2)11-13-26/h4-5,8-13,20,22,24,31,36H,3,6-7,14-19,21H2,1-2H3/t24-,31+/m1/s1. The second-order valence-corrected chi connectivity index (χ2v) is 12.9. The predicted octanol–water partition coefficient (Wildman–Crippen LogP) is 3.74. The third kappa shape index (κ3) is 6.83. The number of carbonyl (C=O) groups excluding carboxylic acids is 2. The van der Waals surface area contributed by atoms with E-state index in [1.165, 1.54) is 26.2 Å². The molecule has 2 atom stereocenters. The molecule has 11 nitrogen and oxygen atoms in total. The highest BCUT2D eigenvalue weighted by Crippen LogP contribution is 2.37. The van der Waals surface area contributed by atoms with Crippen LogP contribution in [0.15, 0.2) is 71.5 Å². The lowest BCUT2D eigenvalue weighted by molar-refractivity contribution is -0.153. The van der Waals surface area contributed by atoms with Gasteiger partial charge in [0.05, 0.1) is 30.7 Å². The molecular formula is C32H39N3O8S. The largest absolute Gasteiger partial charge is 0.497 e. The fourth-order valence-corrected chi connectivity index (χ4v) is 7.20. The number of fused-ring (bicyclic) bond motifs is 1. The van der Waals surface area contributed by atoms with Crippen LogP contribution in [0.5, 0.6) is 5.75 Å². The van der Waals surface area contributed by atoms with E-state index in [4.69, 9.17) is 14.2 Å². The molecular weight excluding hydrogens is 586 g/mol. The van der Waals surface area contributed by atoms with Gasteiger partial charge in [-0.3, -0.25) is 14.2 Å². The molecule has 3 heterocycles. The number of amides is 1. The van der Waals surface area contributed by atoms with Crippen LogP contribution in [0, 0.1) is 0 Å². The second-order valence-electron chi connectivity index (χ2n) is 10.9. The third-order valence-electron chi connectivity index (χ3n) is 8.08. The second kappa shape index (κ2) is 13.9. The SMILES string of the molecule is COc1ccc(S(=O)(=O)N(CCO)CCO[C@@H]2C[C@H](c3cn(C(C)=O)c4ccccc34)C=C(C(=O)N3CCCCC3)O2)cc1. The van der Waals surface area contributed by atoms with Crippen LogP contribution < -0.4 is 4.74 Å². The Balaban J connectivity index is 1.37. The molecule has 0 radical (unpaired) electrons. The number of aliphatic hydroxyl groups excluding tert-OH is 1. The van der Waals surface area contributed by atoms with Gasteiger partial charge in [-0.2, -0.15) is 4.31 Å². The van der Waals surface area contributed by atoms with Crippen LogP contribution in [-0.4, -0.2) is 91.9 Å². The molecule has 1 fully saturated rings. The molecule has 1 N–H and O–H groups in total. The van der Waals surface area contributed by atoms with Crippen LogP contribution in [0.2, 0.25) is 0 Å². The monoisotopic (exact) mass is 625 g/mol. The number of likely N-dealkylation sites (tertiary alicyclic amines) is 1. The summed E-state index contributed by atoms with van der Waals surface area (Å²) in [5.41, 5.74) is 1.65. The first-order chi connectivity index (χ1) is 21.2. The molecule has 0 saturated carbocycles. The average molecular weight is 626 g/mol. The zero-order valence-electron chi connectivity index (χ0n) is 25.1. The van der Waals surface area contributed by atoms with Crippen molar-refractivity contribution in [2.24, 2.45) is 0 Å². The Morgan fingerprint density at radius 2 is 1.77 bits per heavy atom. The van der Waals surface area contributed by atoms with Crippen LogP contribution in [0.25, 0.3) is 10.9 Å². The van der Waals surface area contributed by atoms with Gasteiger partial charge in [-0.15, -0.1) is 0 Å². The smallest absolute Gasteiger partial charge is 0.288 e. The average Bonchev–Trinajstić information content (AvgIpc) is 3.44. The fraction of sp³-hybridized carbons (Fsp3) is 0.438. The molecule has 0 spiro atoms. The van der Waals surface area contributed by atoms with Gasteiger partial charge >= 0.3 is 0 Å². The first kappa shape index (κ1) is 31.7. The third-order valence-corrected chi connectivity index (χ3v) is 10.00. The molecule has 2 aliphatic heterocycles. The quantitative estimate of drug-likeness (QED) is 0.342. The van der Waals surface area contributed by atoms with Crippen molar-refractivity contribution in [1.29, 1.82) is 0 Å². The van der Waals surface area contributed by atoms with Crippen molar-refractivity contribution in [3.63, 3.8) is 0 Å². The maximum Gasteiger partial charge on any atom is 0.288 e. The minimum atomic E-state index is -3.92. The summed E-state index contributed by atoms with van der Waals surface area (Å²) in [7, 11) is -2.42. The van der Waals surface area contributed by atoms with Gasteiger partial charge in [0.25, 0.3) is 5.91 Å². The molecule has 3 aromatic rings. The van der Waals surface area contributed by atoms with Gasteiger partial charge in [0, 0.05) is 57.0 Å². The Hall–Kier alpha value is -3.71. The van der Waals surface area contributed by atoms with Crippen molar-refractivity contribution in [1.82, 2.24) is 13.8 Å². The summed E-state index contributed by atoms with van der Waals surface area (Å²) in [4.78, 5) is 27.8. The lowest BCUT2D eigenvalue weighted by Gasteiger charge is -2.33. The molecule has 2 aromatic carbocycles. The van der Waals surface area contributed by atoms with E-state index in [1.54, 1.807) is 21.6 Å². The number of hydrogen-bond donors (Lipinski definition) is 1. The number of ether oxygens (including phenoxy) is 3. The number of aliphatic hydroxyl groups is 1. The number of aromatic nitrogens is 1. The topological polar surface area (TPSA) is 128 Å². The summed E-state index contributed by atoms with van der Waals surface area (Å²) >= 11 is 0. The predicted molar refractivity (Wildman–Crippen MR) is 164 cm³/mol. The molecule has 1 saturated heterocycles. The van der Waals surface area contributed by atoms with Gasteiger partial charge < -0.3 is 24.2 Å². The van der Waals surface area contributed by atoms with Crippen molar-refractivity contribution in [2.75, 3.05) is 46.5 Å². The summed E-state index contributed by atoms with van der Waals surface area (Å²) in [6.45, 7) is 2.25. The van der Waals surface area contributed by atoms with E-state index in [1.807, 2.05) is 36.5 Å². The number of allylic oxidation sites excluding steroid dienone is 1. The minimum absolute atomic E-state index is 0.0346. The van der Waals surface area contributed by atoms with Gasteiger partial charge in [0.15, 0.2) is 5.76 Å². The van der Waals surface area contributed by atoms with Crippen LogP contribution in [0.1, 0.15) is 48.9 Å².